The van der Waals surface area contributed by atoms with Gasteiger partial charge in [0.05, 0.1) is 19.8 Å². The number of hydrogen-bond acceptors (Lipinski definition) is 2. The predicted octanol–water partition coefficient (Wildman–Crippen LogP) is 2.84. The van der Waals surface area contributed by atoms with Crippen LogP contribution in [0.1, 0.15) is 30.5 Å². The highest BCUT2D eigenvalue weighted by molar-refractivity contribution is 5.29. The molecule has 2 nitrogen and oxygen atoms in total. The van der Waals surface area contributed by atoms with Crippen LogP contribution >= 0.6 is 0 Å². The first-order valence-corrected chi connectivity index (χ1v) is 5.69. The first-order valence-electron chi connectivity index (χ1n) is 5.69. The highest BCUT2D eigenvalue weighted by atomic mass is 16.5. The van der Waals surface area contributed by atoms with E-state index in [-0.39, 0.29) is 12.0 Å². The molecule has 0 heterocycles. The molecule has 2 heteroatoms. The van der Waals surface area contributed by atoms with Crippen molar-refractivity contribution in [1.82, 2.24) is 0 Å². The van der Waals surface area contributed by atoms with E-state index < -0.39 is 0 Å². The summed E-state index contributed by atoms with van der Waals surface area (Å²) in [5, 5.41) is 9.11. The third-order valence-corrected chi connectivity index (χ3v) is 2.68. The van der Waals surface area contributed by atoms with Gasteiger partial charge in [0.1, 0.15) is 0 Å². The van der Waals surface area contributed by atoms with Crippen LogP contribution in [0.3, 0.4) is 0 Å². The zero-order valence-corrected chi connectivity index (χ0v) is 10.7. The van der Waals surface area contributed by atoms with E-state index in [4.69, 9.17) is 9.84 Å². The summed E-state index contributed by atoms with van der Waals surface area (Å²) in [7, 11) is 0. The molecule has 0 saturated heterocycles. The number of aliphatic hydroxyl groups excluding tert-OH is 1. The molecule has 0 bridgehead atoms. The van der Waals surface area contributed by atoms with Crippen LogP contribution in [0.15, 0.2) is 18.2 Å². The van der Waals surface area contributed by atoms with E-state index in [1.165, 1.54) is 16.7 Å². The Balaban J connectivity index is 2.52. The minimum absolute atomic E-state index is 0.153. The van der Waals surface area contributed by atoms with Crippen molar-refractivity contribution in [1.29, 1.82) is 0 Å². The molecule has 1 rings (SSSR count). The summed E-state index contributed by atoms with van der Waals surface area (Å²) in [5.74, 6) is 0. The van der Waals surface area contributed by atoms with Crippen molar-refractivity contribution in [3.63, 3.8) is 0 Å². The molecule has 0 amide bonds. The molecule has 0 fully saturated rings. The van der Waals surface area contributed by atoms with Gasteiger partial charge in [-0.2, -0.15) is 0 Å². The van der Waals surface area contributed by atoms with Crippen molar-refractivity contribution in [3.8, 4) is 0 Å². The van der Waals surface area contributed by atoms with E-state index in [1.807, 2.05) is 13.8 Å². The molecule has 0 spiro atoms. The summed E-state index contributed by atoms with van der Waals surface area (Å²) >= 11 is 0. The van der Waals surface area contributed by atoms with Crippen molar-refractivity contribution in [3.05, 3.63) is 34.9 Å². The second-order valence-corrected chi connectivity index (χ2v) is 5.25. The van der Waals surface area contributed by atoms with Crippen LogP contribution in [0.25, 0.3) is 0 Å². The Morgan fingerprint density at radius 2 is 1.94 bits per heavy atom. The van der Waals surface area contributed by atoms with Crippen molar-refractivity contribution in [2.45, 2.75) is 34.3 Å². The fourth-order valence-electron chi connectivity index (χ4n) is 1.44. The summed E-state index contributed by atoms with van der Waals surface area (Å²) in [5.41, 5.74) is 3.59. The second-order valence-electron chi connectivity index (χ2n) is 5.25. The van der Waals surface area contributed by atoms with E-state index in [1.54, 1.807) is 0 Å². The maximum atomic E-state index is 9.11. The maximum absolute atomic E-state index is 9.11. The molecule has 0 aliphatic carbocycles. The summed E-state index contributed by atoms with van der Waals surface area (Å²) in [4.78, 5) is 0. The number of rotatable bonds is 5. The van der Waals surface area contributed by atoms with Crippen molar-refractivity contribution >= 4 is 0 Å². The molecule has 0 unspecified atom stereocenters. The van der Waals surface area contributed by atoms with Gasteiger partial charge < -0.3 is 9.84 Å². The SMILES string of the molecule is Cc1ccc(C)c(COCC(C)(C)CO)c1. The first-order chi connectivity index (χ1) is 7.44. The highest BCUT2D eigenvalue weighted by Crippen LogP contribution is 2.17. The molecule has 90 valence electrons. The second kappa shape index (κ2) is 5.46. The Bertz CT molecular complexity index is 343. The number of benzene rings is 1. The standard InChI is InChI=1S/C14H22O2/c1-11-5-6-12(2)13(7-11)8-16-10-14(3,4)9-15/h5-7,15H,8-10H2,1-4H3. The van der Waals surface area contributed by atoms with Gasteiger partial charge in [-0.25, -0.2) is 0 Å². The zero-order chi connectivity index (χ0) is 12.2. The van der Waals surface area contributed by atoms with Crippen molar-refractivity contribution in [2.75, 3.05) is 13.2 Å². The van der Waals surface area contributed by atoms with Gasteiger partial charge in [0.2, 0.25) is 0 Å². The molecular formula is C14H22O2. The molecule has 16 heavy (non-hydrogen) atoms. The van der Waals surface area contributed by atoms with Crippen molar-refractivity contribution in [2.24, 2.45) is 5.41 Å². The van der Waals surface area contributed by atoms with Crippen LogP contribution in [0.5, 0.6) is 0 Å². The smallest absolute Gasteiger partial charge is 0.0719 e. The lowest BCUT2D eigenvalue weighted by atomic mass is 9.96. The molecule has 1 aromatic rings. The summed E-state index contributed by atoms with van der Waals surface area (Å²) in [6.45, 7) is 9.52. The number of aryl methyl sites for hydroxylation is 2. The van der Waals surface area contributed by atoms with E-state index in [2.05, 4.69) is 32.0 Å². The monoisotopic (exact) mass is 222 g/mol. The summed E-state index contributed by atoms with van der Waals surface area (Å²) in [6, 6.07) is 6.38. The summed E-state index contributed by atoms with van der Waals surface area (Å²) < 4.78 is 5.65. The molecular weight excluding hydrogens is 200 g/mol. The van der Waals surface area contributed by atoms with Gasteiger partial charge in [0.25, 0.3) is 0 Å². The van der Waals surface area contributed by atoms with Crippen molar-refractivity contribution < 1.29 is 9.84 Å². The topological polar surface area (TPSA) is 29.5 Å². The summed E-state index contributed by atoms with van der Waals surface area (Å²) in [6.07, 6.45) is 0. The minimum Gasteiger partial charge on any atom is -0.396 e. The van der Waals surface area contributed by atoms with Gasteiger partial charge in [-0.1, -0.05) is 37.6 Å². The zero-order valence-electron chi connectivity index (χ0n) is 10.7. The Kier molecular flexibility index (Phi) is 4.51. The number of ether oxygens (including phenoxy) is 1. The minimum atomic E-state index is -0.155. The van der Waals surface area contributed by atoms with Crippen LogP contribution in [-0.4, -0.2) is 18.3 Å². The Labute approximate surface area is 98.3 Å². The fourth-order valence-corrected chi connectivity index (χ4v) is 1.44. The third-order valence-electron chi connectivity index (χ3n) is 2.68. The van der Waals surface area contributed by atoms with Crippen LogP contribution in [-0.2, 0) is 11.3 Å². The molecule has 0 atom stereocenters. The Morgan fingerprint density at radius 3 is 2.56 bits per heavy atom. The van der Waals surface area contributed by atoms with Crippen LogP contribution in [0.4, 0.5) is 0 Å². The molecule has 1 aromatic carbocycles. The average molecular weight is 222 g/mol. The fraction of sp³-hybridized carbons (Fsp3) is 0.571. The Morgan fingerprint density at radius 1 is 1.25 bits per heavy atom. The van der Waals surface area contributed by atoms with Gasteiger partial charge >= 0.3 is 0 Å². The lowest BCUT2D eigenvalue weighted by Crippen LogP contribution is -2.23. The average Bonchev–Trinajstić information content (AvgIpc) is 2.23. The number of hydrogen-bond donors (Lipinski definition) is 1. The van der Waals surface area contributed by atoms with E-state index >= 15 is 0 Å². The van der Waals surface area contributed by atoms with Gasteiger partial charge in [-0.15, -0.1) is 0 Å². The first kappa shape index (κ1) is 13.2. The molecule has 0 aliphatic heterocycles. The molecule has 0 radical (unpaired) electrons. The third kappa shape index (κ3) is 3.95. The lowest BCUT2D eigenvalue weighted by Gasteiger charge is -2.21. The van der Waals surface area contributed by atoms with Gasteiger partial charge in [0.15, 0.2) is 0 Å². The predicted molar refractivity (Wildman–Crippen MR) is 66.4 cm³/mol. The Hall–Kier alpha value is -0.860. The molecule has 0 aromatic heterocycles. The molecule has 0 saturated carbocycles. The largest absolute Gasteiger partial charge is 0.396 e. The maximum Gasteiger partial charge on any atom is 0.0719 e. The van der Waals surface area contributed by atoms with Crippen LogP contribution < -0.4 is 0 Å². The molecule has 1 N–H and O–H groups in total. The van der Waals surface area contributed by atoms with E-state index in [9.17, 15) is 0 Å². The number of aliphatic hydroxyl groups is 1. The normalized spacial score (nSPS) is 11.8. The van der Waals surface area contributed by atoms with Crippen LogP contribution in [0, 0.1) is 19.3 Å². The van der Waals surface area contributed by atoms with E-state index in [0.29, 0.717) is 13.2 Å². The van der Waals surface area contributed by atoms with Gasteiger partial charge in [-0.3, -0.25) is 0 Å². The quantitative estimate of drug-likeness (QED) is 0.830. The molecule has 0 aliphatic rings. The van der Waals surface area contributed by atoms with Gasteiger partial charge in [-0.05, 0) is 25.0 Å². The highest BCUT2D eigenvalue weighted by Gasteiger charge is 2.16. The van der Waals surface area contributed by atoms with E-state index in [0.717, 1.165) is 0 Å². The van der Waals surface area contributed by atoms with Crippen LogP contribution in [0.2, 0.25) is 0 Å². The lowest BCUT2D eigenvalue weighted by molar-refractivity contribution is 0.0196. The van der Waals surface area contributed by atoms with Gasteiger partial charge in [0, 0.05) is 5.41 Å².